The molecule has 2 aliphatic carbocycles. The minimum Gasteiger partial charge on any atom is -0.370 e. The van der Waals surface area contributed by atoms with Gasteiger partial charge in [0.25, 0.3) is 0 Å². The van der Waals surface area contributed by atoms with Crippen LogP contribution in [-0.2, 0) is 6.18 Å². The van der Waals surface area contributed by atoms with Crippen molar-refractivity contribution in [3.8, 4) is 0 Å². The van der Waals surface area contributed by atoms with Crippen molar-refractivity contribution >= 4 is 17.4 Å². The predicted molar refractivity (Wildman–Crippen MR) is 69.5 cm³/mol. The van der Waals surface area contributed by atoms with Gasteiger partial charge in [0.2, 0.25) is 5.82 Å². The van der Waals surface area contributed by atoms with Crippen LogP contribution in [0.25, 0.3) is 0 Å². The smallest absolute Gasteiger partial charge is 0.370 e. The van der Waals surface area contributed by atoms with E-state index in [1.54, 1.807) is 0 Å². The van der Waals surface area contributed by atoms with E-state index in [2.05, 4.69) is 15.3 Å². The Kier molecular flexibility index (Phi) is 3.52. The molecule has 0 aromatic carbocycles. The summed E-state index contributed by atoms with van der Waals surface area (Å²) in [5.41, 5.74) is 0. The van der Waals surface area contributed by atoms with Crippen LogP contribution in [0.2, 0.25) is 5.15 Å². The van der Waals surface area contributed by atoms with Gasteiger partial charge in [0.05, 0.1) is 0 Å². The Morgan fingerprint density at radius 3 is 2.30 bits per heavy atom. The lowest BCUT2D eigenvalue weighted by atomic mass is 9.98. The Morgan fingerprint density at radius 1 is 1.20 bits per heavy atom. The lowest BCUT2D eigenvalue weighted by Crippen LogP contribution is -2.20. The molecule has 3 nitrogen and oxygen atoms in total. The SMILES string of the molecule is FC(F)(F)c1nc(Cl)cc(NCC(C2CC2)C2CC2)n1. The van der Waals surface area contributed by atoms with Crippen molar-refractivity contribution in [1.82, 2.24) is 9.97 Å². The van der Waals surface area contributed by atoms with Crippen LogP contribution in [0.15, 0.2) is 6.07 Å². The van der Waals surface area contributed by atoms with Crippen LogP contribution in [0.4, 0.5) is 19.0 Å². The van der Waals surface area contributed by atoms with Gasteiger partial charge in [0.15, 0.2) is 0 Å². The van der Waals surface area contributed by atoms with Crippen molar-refractivity contribution in [1.29, 1.82) is 0 Å². The molecule has 20 heavy (non-hydrogen) atoms. The van der Waals surface area contributed by atoms with E-state index in [1.165, 1.54) is 31.7 Å². The van der Waals surface area contributed by atoms with Crippen LogP contribution in [0.3, 0.4) is 0 Å². The first-order valence-electron chi connectivity index (χ1n) is 6.79. The van der Waals surface area contributed by atoms with Gasteiger partial charge >= 0.3 is 6.18 Å². The third-order valence-corrected chi connectivity index (χ3v) is 4.12. The van der Waals surface area contributed by atoms with Gasteiger partial charge in [-0.25, -0.2) is 9.97 Å². The summed E-state index contributed by atoms with van der Waals surface area (Å²) in [6.45, 7) is 0.667. The highest BCUT2D eigenvalue weighted by Crippen LogP contribution is 2.49. The summed E-state index contributed by atoms with van der Waals surface area (Å²) in [5.74, 6) is 0.979. The van der Waals surface area contributed by atoms with E-state index >= 15 is 0 Å². The standard InChI is InChI=1S/C13H15ClF3N3/c14-10-5-11(20-12(19-10)13(15,16)17)18-6-9(7-1-2-7)8-3-4-8/h5,7-9H,1-4,6H2,(H,18,19,20). The van der Waals surface area contributed by atoms with E-state index in [0.717, 1.165) is 11.8 Å². The highest BCUT2D eigenvalue weighted by atomic mass is 35.5. The van der Waals surface area contributed by atoms with Crippen molar-refractivity contribution in [3.63, 3.8) is 0 Å². The predicted octanol–water partition coefficient (Wildman–Crippen LogP) is 4.00. The molecule has 0 radical (unpaired) electrons. The highest BCUT2D eigenvalue weighted by molar-refractivity contribution is 6.29. The molecule has 2 saturated carbocycles. The van der Waals surface area contributed by atoms with Crippen LogP contribution < -0.4 is 5.32 Å². The highest BCUT2D eigenvalue weighted by Gasteiger charge is 2.41. The molecule has 1 heterocycles. The minimum absolute atomic E-state index is 0.156. The Morgan fingerprint density at radius 2 is 1.80 bits per heavy atom. The van der Waals surface area contributed by atoms with E-state index in [0.29, 0.717) is 12.5 Å². The van der Waals surface area contributed by atoms with Gasteiger partial charge in [0, 0.05) is 12.6 Å². The fourth-order valence-electron chi connectivity index (χ4n) is 2.62. The van der Waals surface area contributed by atoms with Gasteiger partial charge in [-0.2, -0.15) is 13.2 Å². The normalized spacial score (nSPS) is 19.4. The second-order valence-electron chi connectivity index (χ2n) is 5.62. The van der Waals surface area contributed by atoms with Crippen molar-refractivity contribution in [3.05, 3.63) is 17.0 Å². The topological polar surface area (TPSA) is 37.8 Å². The zero-order chi connectivity index (χ0) is 14.3. The lowest BCUT2D eigenvalue weighted by Gasteiger charge is -2.17. The lowest BCUT2D eigenvalue weighted by molar-refractivity contribution is -0.144. The van der Waals surface area contributed by atoms with Crippen molar-refractivity contribution in [2.45, 2.75) is 31.9 Å². The Balaban J connectivity index is 1.68. The average molecular weight is 306 g/mol. The van der Waals surface area contributed by atoms with Crippen LogP contribution in [0.5, 0.6) is 0 Å². The Hall–Kier alpha value is -1.04. The van der Waals surface area contributed by atoms with Gasteiger partial charge < -0.3 is 5.32 Å². The molecule has 1 aromatic rings. The maximum atomic E-state index is 12.6. The minimum atomic E-state index is -4.58. The molecule has 0 atom stereocenters. The third-order valence-electron chi connectivity index (χ3n) is 3.92. The maximum Gasteiger partial charge on any atom is 0.451 e. The van der Waals surface area contributed by atoms with Gasteiger partial charge in [0.1, 0.15) is 11.0 Å². The first kappa shape index (κ1) is 13.9. The number of hydrogen-bond acceptors (Lipinski definition) is 3. The number of rotatable bonds is 5. The molecule has 2 fully saturated rings. The summed E-state index contributed by atoms with van der Waals surface area (Å²) in [7, 11) is 0. The first-order valence-corrected chi connectivity index (χ1v) is 7.17. The molecule has 0 unspecified atom stereocenters. The van der Waals surface area contributed by atoms with Gasteiger partial charge in [-0.15, -0.1) is 0 Å². The molecule has 1 N–H and O–H groups in total. The number of alkyl halides is 3. The average Bonchev–Trinajstić information content (AvgIpc) is 3.22. The molecule has 2 aliphatic rings. The summed E-state index contributed by atoms with van der Waals surface area (Å²) in [6.07, 6.45) is 0.373. The van der Waals surface area contributed by atoms with Gasteiger partial charge in [-0.1, -0.05) is 11.6 Å². The van der Waals surface area contributed by atoms with E-state index in [-0.39, 0.29) is 11.0 Å². The fourth-order valence-corrected chi connectivity index (χ4v) is 2.81. The van der Waals surface area contributed by atoms with Crippen LogP contribution in [0, 0.1) is 17.8 Å². The quantitative estimate of drug-likeness (QED) is 0.836. The number of nitrogens with zero attached hydrogens (tertiary/aromatic N) is 2. The summed E-state index contributed by atoms with van der Waals surface area (Å²) >= 11 is 5.63. The number of hydrogen-bond donors (Lipinski definition) is 1. The molecule has 7 heteroatoms. The fraction of sp³-hybridized carbons (Fsp3) is 0.692. The Labute approximate surface area is 119 Å². The van der Waals surface area contributed by atoms with Crippen molar-refractivity contribution in [2.75, 3.05) is 11.9 Å². The maximum absolute atomic E-state index is 12.6. The van der Waals surface area contributed by atoms with Gasteiger partial charge in [-0.05, 0) is 43.4 Å². The summed E-state index contributed by atoms with van der Waals surface area (Å²) in [4.78, 5) is 6.72. The zero-order valence-corrected chi connectivity index (χ0v) is 11.5. The van der Waals surface area contributed by atoms with Crippen LogP contribution >= 0.6 is 11.6 Å². The molecule has 0 amide bonds. The molecule has 110 valence electrons. The largest absolute Gasteiger partial charge is 0.451 e. The molecule has 1 aromatic heterocycles. The van der Waals surface area contributed by atoms with Crippen molar-refractivity contribution < 1.29 is 13.2 Å². The zero-order valence-electron chi connectivity index (χ0n) is 10.8. The molecule has 0 spiro atoms. The second-order valence-corrected chi connectivity index (χ2v) is 6.00. The van der Waals surface area contributed by atoms with Crippen LogP contribution in [0.1, 0.15) is 31.5 Å². The third kappa shape index (κ3) is 3.34. The first-order chi connectivity index (χ1) is 9.43. The summed E-state index contributed by atoms with van der Waals surface area (Å²) in [5, 5.41) is 2.81. The monoisotopic (exact) mass is 305 g/mol. The number of nitrogens with one attached hydrogen (secondary N) is 1. The Bertz CT molecular complexity index is 486. The van der Waals surface area contributed by atoms with E-state index < -0.39 is 12.0 Å². The summed E-state index contributed by atoms with van der Waals surface area (Å²) in [6, 6.07) is 1.34. The number of halogens is 4. The van der Waals surface area contributed by atoms with Crippen LogP contribution in [-0.4, -0.2) is 16.5 Å². The molecule has 0 aliphatic heterocycles. The number of aromatic nitrogens is 2. The number of anilines is 1. The molecule has 0 saturated heterocycles. The van der Waals surface area contributed by atoms with Gasteiger partial charge in [-0.3, -0.25) is 0 Å². The van der Waals surface area contributed by atoms with Crippen molar-refractivity contribution in [2.24, 2.45) is 17.8 Å². The molecule has 3 rings (SSSR count). The summed E-state index contributed by atoms with van der Waals surface area (Å²) < 4.78 is 37.8. The molecular formula is C13H15ClF3N3. The second kappa shape index (κ2) is 5.06. The molecule has 0 bridgehead atoms. The molecular weight excluding hydrogens is 291 g/mol. The van der Waals surface area contributed by atoms with E-state index in [1.807, 2.05) is 0 Å². The van der Waals surface area contributed by atoms with E-state index in [9.17, 15) is 13.2 Å². The van der Waals surface area contributed by atoms with E-state index in [4.69, 9.17) is 11.6 Å².